The molecule has 1 heterocycles. The lowest BCUT2D eigenvalue weighted by molar-refractivity contribution is -0.122. The van der Waals surface area contributed by atoms with Crippen molar-refractivity contribution in [2.45, 2.75) is 32.1 Å². The molecule has 2 N–H and O–H groups in total. The lowest BCUT2D eigenvalue weighted by atomic mass is 9.87. The molecule has 0 saturated carbocycles. The summed E-state index contributed by atoms with van der Waals surface area (Å²) >= 11 is 1.79. The van der Waals surface area contributed by atoms with Crippen molar-refractivity contribution in [3.05, 3.63) is 21.9 Å². The number of carbonyl (C=O) groups is 1. The summed E-state index contributed by atoms with van der Waals surface area (Å²) in [7, 11) is 0. The van der Waals surface area contributed by atoms with E-state index in [0.29, 0.717) is 0 Å². The number of fused-ring (bicyclic) bond motifs is 1. The Hall–Kier alpha value is -0.580. The summed E-state index contributed by atoms with van der Waals surface area (Å²) in [4.78, 5) is 13.5. The molecule has 0 aliphatic heterocycles. The molecule has 0 radical (unpaired) electrons. The van der Waals surface area contributed by atoms with Crippen molar-refractivity contribution >= 4 is 29.7 Å². The van der Waals surface area contributed by atoms with Gasteiger partial charge in [0, 0.05) is 18.0 Å². The van der Waals surface area contributed by atoms with Gasteiger partial charge in [0.05, 0.1) is 5.92 Å². The van der Waals surface area contributed by atoms with Crippen molar-refractivity contribution in [3.63, 3.8) is 0 Å². The average molecular weight is 289 g/mol. The van der Waals surface area contributed by atoms with Crippen LogP contribution in [0.3, 0.4) is 0 Å². The summed E-state index contributed by atoms with van der Waals surface area (Å²) in [6.45, 7) is 4.60. The van der Waals surface area contributed by atoms with Gasteiger partial charge in [0.1, 0.15) is 0 Å². The van der Waals surface area contributed by atoms with Crippen LogP contribution in [0.5, 0.6) is 0 Å². The Balaban J connectivity index is 0.00000162. The lowest BCUT2D eigenvalue weighted by Crippen LogP contribution is -2.35. The molecule has 1 aromatic heterocycles. The highest BCUT2D eigenvalue weighted by molar-refractivity contribution is 7.10. The third kappa shape index (κ3) is 3.70. The SMILES string of the molecule is CCNCCNC(=O)C1CCCc2sccc21.Cl. The van der Waals surface area contributed by atoms with Crippen molar-refractivity contribution in [2.75, 3.05) is 19.6 Å². The Kier molecular flexibility index (Phi) is 6.68. The second-order valence-corrected chi connectivity index (χ2v) is 5.39. The summed E-state index contributed by atoms with van der Waals surface area (Å²) in [5, 5.41) is 8.34. The van der Waals surface area contributed by atoms with E-state index in [0.717, 1.165) is 38.9 Å². The first-order valence-corrected chi connectivity index (χ1v) is 7.25. The highest BCUT2D eigenvalue weighted by Gasteiger charge is 2.26. The van der Waals surface area contributed by atoms with Gasteiger partial charge in [-0.2, -0.15) is 0 Å². The van der Waals surface area contributed by atoms with Crippen molar-refractivity contribution < 1.29 is 4.79 Å². The summed E-state index contributed by atoms with van der Waals surface area (Å²) < 4.78 is 0. The van der Waals surface area contributed by atoms with E-state index in [1.807, 2.05) is 0 Å². The van der Waals surface area contributed by atoms with Gasteiger partial charge in [0.2, 0.25) is 5.91 Å². The molecule has 2 rings (SSSR count). The highest BCUT2D eigenvalue weighted by atomic mass is 35.5. The van der Waals surface area contributed by atoms with Gasteiger partial charge in [-0.15, -0.1) is 23.7 Å². The first-order chi connectivity index (χ1) is 8.33. The minimum atomic E-state index is 0. The van der Waals surface area contributed by atoms with Crippen LogP contribution in [-0.4, -0.2) is 25.5 Å². The number of aryl methyl sites for hydroxylation is 1. The van der Waals surface area contributed by atoms with Crippen LogP contribution in [0, 0.1) is 0 Å². The van der Waals surface area contributed by atoms with Gasteiger partial charge >= 0.3 is 0 Å². The molecule has 18 heavy (non-hydrogen) atoms. The Bertz CT molecular complexity index is 381. The van der Waals surface area contributed by atoms with E-state index in [2.05, 4.69) is 29.0 Å². The standard InChI is InChI=1S/C13H20N2OS.ClH/c1-2-14-7-8-15-13(16)11-4-3-5-12-10(11)6-9-17-12;/h6,9,11,14H,2-5,7-8H2,1H3,(H,15,16);1H. The number of amides is 1. The Labute approximate surface area is 119 Å². The maximum atomic E-state index is 12.1. The Morgan fingerprint density at radius 2 is 2.33 bits per heavy atom. The number of carbonyl (C=O) groups excluding carboxylic acids is 1. The molecule has 1 atom stereocenters. The molecule has 3 nitrogen and oxygen atoms in total. The fourth-order valence-corrected chi connectivity index (χ4v) is 3.32. The second kappa shape index (κ2) is 7.77. The number of thiophene rings is 1. The Morgan fingerprint density at radius 1 is 1.50 bits per heavy atom. The van der Waals surface area contributed by atoms with Crippen LogP contribution < -0.4 is 10.6 Å². The molecule has 102 valence electrons. The molecule has 0 saturated heterocycles. The molecule has 1 amide bonds. The van der Waals surface area contributed by atoms with Gasteiger partial charge < -0.3 is 10.6 Å². The minimum Gasteiger partial charge on any atom is -0.354 e. The van der Waals surface area contributed by atoms with E-state index in [1.54, 1.807) is 11.3 Å². The van der Waals surface area contributed by atoms with Crippen LogP contribution in [-0.2, 0) is 11.2 Å². The van der Waals surface area contributed by atoms with E-state index in [9.17, 15) is 4.79 Å². The predicted molar refractivity (Wildman–Crippen MR) is 78.8 cm³/mol. The topological polar surface area (TPSA) is 41.1 Å². The fourth-order valence-electron chi connectivity index (χ4n) is 2.33. The van der Waals surface area contributed by atoms with Crippen LogP contribution in [0.25, 0.3) is 0 Å². The molecule has 0 aromatic carbocycles. The van der Waals surface area contributed by atoms with Crippen LogP contribution in [0.2, 0.25) is 0 Å². The quantitative estimate of drug-likeness (QED) is 0.817. The first kappa shape index (κ1) is 15.5. The first-order valence-electron chi connectivity index (χ1n) is 6.37. The maximum Gasteiger partial charge on any atom is 0.227 e. The zero-order valence-electron chi connectivity index (χ0n) is 10.7. The third-order valence-electron chi connectivity index (χ3n) is 3.22. The van der Waals surface area contributed by atoms with E-state index in [-0.39, 0.29) is 24.2 Å². The van der Waals surface area contributed by atoms with Gasteiger partial charge in [-0.3, -0.25) is 4.79 Å². The number of hydrogen-bond donors (Lipinski definition) is 2. The fraction of sp³-hybridized carbons (Fsp3) is 0.615. The van der Waals surface area contributed by atoms with Crippen molar-refractivity contribution in [1.82, 2.24) is 10.6 Å². The van der Waals surface area contributed by atoms with Gasteiger partial charge in [0.25, 0.3) is 0 Å². The third-order valence-corrected chi connectivity index (χ3v) is 4.22. The number of nitrogens with one attached hydrogen (secondary N) is 2. The molecule has 1 aliphatic rings. The zero-order chi connectivity index (χ0) is 12.1. The van der Waals surface area contributed by atoms with Crippen LogP contribution >= 0.6 is 23.7 Å². The summed E-state index contributed by atoms with van der Waals surface area (Å²) in [6.07, 6.45) is 3.28. The van der Waals surface area contributed by atoms with Gasteiger partial charge in [-0.1, -0.05) is 6.92 Å². The number of halogens is 1. The van der Waals surface area contributed by atoms with Crippen LogP contribution in [0.1, 0.15) is 36.1 Å². The summed E-state index contributed by atoms with van der Waals surface area (Å²) in [5.74, 6) is 0.286. The molecule has 1 aromatic rings. The van der Waals surface area contributed by atoms with Crippen LogP contribution in [0.4, 0.5) is 0 Å². The Morgan fingerprint density at radius 3 is 3.11 bits per heavy atom. The van der Waals surface area contributed by atoms with Crippen molar-refractivity contribution in [3.8, 4) is 0 Å². The van der Waals surface area contributed by atoms with Crippen molar-refractivity contribution in [2.24, 2.45) is 0 Å². The monoisotopic (exact) mass is 288 g/mol. The number of rotatable bonds is 5. The van der Waals surface area contributed by atoms with Crippen molar-refractivity contribution in [1.29, 1.82) is 0 Å². The molecule has 0 bridgehead atoms. The normalized spacial score (nSPS) is 17.7. The molecular weight excluding hydrogens is 268 g/mol. The van der Waals surface area contributed by atoms with E-state index < -0.39 is 0 Å². The van der Waals surface area contributed by atoms with E-state index in [1.165, 1.54) is 10.4 Å². The average Bonchev–Trinajstić information content (AvgIpc) is 2.82. The highest BCUT2D eigenvalue weighted by Crippen LogP contribution is 2.34. The smallest absolute Gasteiger partial charge is 0.227 e. The van der Waals surface area contributed by atoms with E-state index >= 15 is 0 Å². The van der Waals surface area contributed by atoms with Gasteiger partial charge in [0.15, 0.2) is 0 Å². The molecule has 1 aliphatic carbocycles. The number of hydrogen-bond acceptors (Lipinski definition) is 3. The predicted octanol–water partition coefficient (Wildman–Crippen LogP) is 2.32. The van der Waals surface area contributed by atoms with Crippen LogP contribution in [0.15, 0.2) is 11.4 Å². The zero-order valence-corrected chi connectivity index (χ0v) is 12.3. The minimum absolute atomic E-state index is 0. The molecular formula is C13H21ClN2OS. The molecule has 0 spiro atoms. The second-order valence-electron chi connectivity index (χ2n) is 4.39. The molecule has 1 unspecified atom stereocenters. The van der Waals surface area contributed by atoms with E-state index in [4.69, 9.17) is 0 Å². The van der Waals surface area contributed by atoms with Gasteiger partial charge in [-0.25, -0.2) is 0 Å². The summed E-state index contributed by atoms with van der Waals surface area (Å²) in [6, 6.07) is 2.12. The maximum absolute atomic E-state index is 12.1. The largest absolute Gasteiger partial charge is 0.354 e. The molecule has 5 heteroatoms. The summed E-state index contributed by atoms with van der Waals surface area (Å²) in [5.41, 5.74) is 1.27. The number of likely N-dealkylation sites (N-methyl/N-ethyl adjacent to an activating group) is 1. The lowest BCUT2D eigenvalue weighted by Gasteiger charge is -2.21. The van der Waals surface area contributed by atoms with Gasteiger partial charge in [-0.05, 0) is 42.8 Å². The molecule has 0 fully saturated rings.